The molecule has 7 nitrogen and oxygen atoms in total. The van der Waals surface area contributed by atoms with E-state index in [-0.39, 0.29) is 6.10 Å². The zero-order valence-corrected chi connectivity index (χ0v) is 16.6. The first-order chi connectivity index (χ1) is 13.2. The summed E-state index contributed by atoms with van der Waals surface area (Å²) in [5, 5.41) is 7.50. The Hall–Kier alpha value is -2.41. The fourth-order valence-corrected chi connectivity index (χ4v) is 3.52. The van der Waals surface area contributed by atoms with Gasteiger partial charge in [-0.25, -0.2) is 4.98 Å². The smallest absolute Gasteiger partial charge is 0.193 e. The summed E-state index contributed by atoms with van der Waals surface area (Å²) in [6, 6.07) is 8.66. The predicted molar refractivity (Wildman–Crippen MR) is 107 cm³/mol. The summed E-state index contributed by atoms with van der Waals surface area (Å²) in [6.45, 7) is 2.23. The third-order valence-corrected chi connectivity index (χ3v) is 4.99. The number of aryl methyl sites for hydroxylation is 2. The molecular weight excluding hydrogens is 340 g/mol. The van der Waals surface area contributed by atoms with E-state index >= 15 is 0 Å². The van der Waals surface area contributed by atoms with Gasteiger partial charge in [0, 0.05) is 34.3 Å². The van der Waals surface area contributed by atoms with Crippen LogP contribution in [0.4, 0.5) is 0 Å². The average molecular weight is 371 g/mol. The molecule has 7 heteroatoms. The molecule has 1 heterocycles. The van der Waals surface area contributed by atoms with Crippen molar-refractivity contribution >= 4 is 5.96 Å². The molecule has 0 radical (unpaired) electrons. The summed E-state index contributed by atoms with van der Waals surface area (Å²) in [7, 11) is 5.69. The van der Waals surface area contributed by atoms with Gasteiger partial charge < -0.3 is 15.0 Å². The van der Waals surface area contributed by atoms with Gasteiger partial charge in [0.1, 0.15) is 12.2 Å². The quantitative estimate of drug-likeness (QED) is 0.460. The van der Waals surface area contributed by atoms with E-state index in [2.05, 4.69) is 44.7 Å². The standard InChI is InChI=1S/C20H30N6O/c1-21-20(25(2)14-19-23-15-24-26(19)3)22-12-7-13-27-18-11-6-9-16-8-4-5-10-17(16)18/h4-5,8,10,15,18H,6-7,9,11-14H2,1-3H3,(H,21,22). The van der Waals surface area contributed by atoms with Crippen molar-refractivity contribution in [3.05, 3.63) is 47.5 Å². The third-order valence-electron chi connectivity index (χ3n) is 4.99. The molecule has 0 saturated heterocycles. The second-order valence-corrected chi connectivity index (χ2v) is 6.93. The highest BCUT2D eigenvalue weighted by atomic mass is 16.5. The van der Waals surface area contributed by atoms with Gasteiger partial charge in [-0.2, -0.15) is 5.10 Å². The highest BCUT2D eigenvalue weighted by molar-refractivity contribution is 5.79. The molecular formula is C20H30N6O. The van der Waals surface area contributed by atoms with Gasteiger partial charge in [0.05, 0.1) is 12.6 Å². The van der Waals surface area contributed by atoms with Crippen LogP contribution in [0.3, 0.4) is 0 Å². The van der Waals surface area contributed by atoms with Crippen molar-refractivity contribution in [2.75, 3.05) is 27.2 Å². The van der Waals surface area contributed by atoms with Crippen LogP contribution in [0.15, 0.2) is 35.6 Å². The molecule has 1 aromatic carbocycles. The molecule has 1 atom stereocenters. The Morgan fingerprint density at radius 1 is 1.41 bits per heavy atom. The Morgan fingerprint density at radius 2 is 2.26 bits per heavy atom. The van der Waals surface area contributed by atoms with E-state index in [0.717, 1.165) is 37.8 Å². The molecule has 0 aliphatic heterocycles. The maximum absolute atomic E-state index is 6.17. The molecule has 3 rings (SSSR count). The summed E-state index contributed by atoms with van der Waals surface area (Å²) < 4.78 is 7.95. The zero-order valence-electron chi connectivity index (χ0n) is 16.6. The van der Waals surface area contributed by atoms with Gasteiger partial charge in [0.15, 0.2) is 5.96 Å². The van der Waals surface area contributed by atoms with Crippen molar-refractivity contribution in [3.63, 3.8) is 0 Å². The van der Waals surface area contributed by atoms with Crippen LogP contribution in [0.2, 0.25) is 0 Å². The number of rotatable bonds is 7. The Bertz CT molecular complexity index is 756. The first-order valence-corrected chi connectivity index (χ1v) is 9.63. The Labute approximate surface area is 161 Å². The van der Waals surface area contributed by atoms with Gasteiger partial charge in [0.2, 0.25) is 0 Å². The molecule has 1 aliphatic rings. The number of fused-ring (bicyclic) bond motifs is 1. The van der Waals surface area contributed by atoms with Crippen molar-refractivity contribution in [1.29, 1.82) is 0 Å². The van der Waals surface area contributed by atoms with Gasteiger partial charge >= 0.3 is 0 Å². The van der Waals surface area contributed by atoms with Crippen LogP contribution in [-0.4, -0.2) is 52.9 Å². The first-order valence-electron chi connectivity index (χ1n) is 9.63. The van der Waals surface area contributed by atoms with E-state index < -0.39 is 0 Å². The number of guanidine groups is 1. The second kappa shape index (κ2) is 9.50. The highest BCUT2D eigenvalue weighted by Gasteiger charge is 2.19. The number of ether oxygens (including phenoxy) is 1. The number of nitrogens with one attached hydrogen (secondary N) is 1. The van der Waals surface area contributed by atoms with E-state index in [1.54, 1.807) is 18.1 Å². The molecule has 0 spiro atoms. The fraction of sp³-hybridized carbons (Fsp3) is 0.550. The summed E-state index contributed by atoms with van der Waals surface area (Å²) in [4.78, 5) is 10.7. The molecule has 0 amide bonds. The van der Waals surface area contributed by atoms with E-state index in [4.69, 9.17) is 4.74 Å². The van der Waals surface area contributed by atoms with Crippen LogP contribution >= 0.6 is 0 Å². The Morgan fingerprint density at radius 3 is 3.04 bits per heavy atom. The van der Waals surface area contributed by atoms with Gasteiger partial charge in [-0.3, -0.25) is 9.67 Å². The molecule has 0 bridgehead atoms. The van der Waals surface area contributed by atoms with Crippen LogP contribution in [0.1, 0.15) is 42.3 Å². The van der Waals surface area contributed by atoms with Crippen LogP contribution < -0.4 is 5.32 Å². The minimum atomic E-state index is 0.243. The molecule has 27 heavy (non-hydrogen) atoms. The maximum atomic E-state index is 6.17. The van der Waals surface area contributed by atoms with Crippen LogP contribution in [0.5, 0.6) is 0 Å². The normalized spacial score (nSPS) is 16.9. The molecule has 146 valence electrons. The van der Waals surface area contributed by atoms with Gasteiger partial charge in [-0.15, -0.1) is 0 Å². The maximum Gasteiger partial charge on any atom is 0.193 e. The Kier molecular flexibility index (Phi) is 6.81. The minimum Gasteiger partial charge on any atom is -0.373 e. The van der Waals surface area contributed by atoms with Gasteiger partial charge in [0.25, 0.3) is 0 Å². The summed E-state index contributed by atoms with van der Waals surface area (Å²) >= 11 is 0. The molecule has 1 aliphatic carbocycles. The number of hydrogen-bond acceptors (Lipinski definition) is 4. The van der Waals surface area contributed by atoms with Crippen LogP contribution in [-0.2, 0) is 24.8 Å². The van der Waals surface area contributed by atoms with Gasteiger partial charge in [-0.1, -0.05) is 24.3 Å². The lowest BCUT2D eigenvalue weighted by atomic mass is 9.89. The molecule has 1 aromatic heterocycles. The minimum absolute atomic E-state index is 0.243. The molecule has 0 saturated carbocycles. The molecule has 1 N–H and O–H groups in total. The zero-order chi connectivity index (χ0) is 19.1. The monoisotopic (exact) mass is 370 g/mol. The topological polar surface area (TPSA) is 67.6 Å². The largest absolute Gasteiger partial charge is 0.373 e. The molecule has 1 unspecified atom stereocenters. The highest BCUT2D eigenvalue weighted by Crippen LogP contribution is 2.32. The van der Waals surface area contributed by atoms with Crippen molar-refractivity contribution < 1.29 is 4.74 Å². The number of aromatic nitrogens is 3. The van der Waals surface area contributed by atoms with E-state index in [1.165, 1.54) is 24.0 Å². The van der Waals surface area contributed by atoms with Crippen LogP contribution in [0, 0.1) is 0 Å². The second-order valence-electron chi connectivity index (χ2n) is 6.93. The van der Waals surface area contributed by atoms with Crippen molar-refractivity contribution in [2.45, 2.75) is 38.3 Å². The summed E-state index contributed by atoms with van der Waals surface area (Å²) in [5.74, 6) is 1.75. The lowest BCUT2D eigenvalue weighted by Gasteiger charge is -2.26. The van der Waals surface area contributed by atoms with Crippen LogP contribution in [0.25, 0.3) is 0 Å². The van der Waals surface area contributed by atoms with Crippen molar-refractivity contribution in [2.24, 2.45) is 12.0 Å². The molecule has 0 fully saturated rings. The number of hydrogen-bond donors (Lipinski definition) is 1. The lowest BCUT2D eigenvalue weighted by molar-refractivity contribution is 0.0397. The number of nitrogens with zero attached hydrogens (tertiary/aromatic N) is 5. The predicted octanol–water partition coefficient (Wildman–Crippen LogP) is 2.31. The van der Waals surface area contributed by atoms with Crippen molar-refractivity contribution in [1.82, 2.24) is 25.0 Å². The summed E-state index contributed by atoms with van der Waals surface area (Å²) in [6.07, 6.45) is 6.25. The van der Waals surface area contributed by atoms with Crippen molar-refractivity contribution in [3.8, 4) is 0 Å². The fourth-order valence-electron chi connectivity index (χ4n) is 3.52. The summed E-state index contributed by atoms with van der Waals surface area (Å²) in [5.41, 5.74) is 2.81. The lowest BCUT2D eigenvalue weighted by Crippen LogP contribution is -2.39. The number of benzene rings is 1. The van der Waals surface area contributed by atoms with E-state index in [0.29, 0.717) is 6.54 Å². The first kappa shape index (κ1) is 19.4. The number of aliphatic imine (C=N–C) groups is 1. The van der Waals surface area contributed by atoms with E-state index in [9.17, 15) is 0 Å². The van der Waals surface area contributed by atoms with Gasteiger partial charge in [-0.05, 0) is 36.8 Å². The third kappa shape index (κ3) is 5.07. The van der Waals surface area contributed by atoms with E-state index in [1.807, 2.05) is 19.0 Å². The molecule has 2 aromatic rings. The SMILES string of the molecule is CN=C(NCCCOC1CCCc2ccccc21)N(C)Cc1ncnn1C. The Balaban J connectivity index is 1.40. The average Bonchev–Trinajstić information content (AvgIpc) is 3.09.